The summed E-state index contributed by atoms with van der Waals surface area (Å²) in [6, 6.07) is 6.33. The zero-order chi connectivity index (χ0) is 25.9. The molecule has 1 heterocycles. The van der Waals surface area contributed by atoms with Gasteiger partial charge in [-0.1, -0.05) is 0 Å². The number of aliphatic hydroxyl groups is 3. The molecule has 36 heavy (non-hydrogen) atoms. The van der Waals surface area contributed by atoms with Gasteiger partial charge in [0.25, 0.3) is 5.91 Å². The van der Waals surface area contributed by atoms with Gasteiger partial charge in [0.2, 0.25) is 5.78 Å². The van der Waals surface area contributed by atoms with Crippen molar-refractivity contribution in [3.63, 3.8) is 0 Å². The number of ketones is 2. The summed E-state index contributed by atoms with van der Waals surface area (Å²) in [5, 5.41) is 43.7. The topological polar surface area (TPSA) is 190 Å². The van der Waals surface area contributed by atoms with Crippen LogP contribution in [0.2, 0.25) is 0 Å². The van der Waals surface area contributed by atoms with Crippen LogP contribution < -0.4 is 5.73 Å². The number of furan rings is 1. The van der Waals surface area contributed by atoms with Gasteiger partial charge in [0.05, 0.1) is 12.7 Å². The van der Waals surface area contributed by atoms with E-state index in [1.165, 1.54) is 13.2 Å². The SMILES string of the molecule is COOCc1ccc(-c2ccc(O)c3c2C[C@H]2C[C@H]4CC(=O)C(C(N)=O)=C(O)[C@@]4(O)C(=O)C2=C3O)o1. The fraction of sp³-hybridized carbons (Fsp3) is 0.320. The first-order valence-electron chi connectivity index (χ1n) is 11.2. The van der Waals surface area contributed by atoms with Crippen LogP contribution in [0.4, 0.5) is 0 Å². The summed E-state index contributed by atoms with van der Waals surface area (Å²) < 4.78 is 5.82. The molecule has 0 unspecified atom stereocenters. The second-order valence-electron chi connectivity index (χ2n) is 9.09. The van der Waals surface area contributed by atoms with Crippen molar-refractivity contribution in [2.45, 2.75) is 31.5 Å². The predicted molar refractivity (Wildman–Crippen MR) is 121 cm³/mol. The Morgan fingerprint density at radius 3 is 2.61 bits per heavy atom. The number of fused-ring (bicyclic) bond motifs is 3. The van der Waals surface area contributed by atoms with Gasteiger partial charge in [-0.3, -0.25) is 14.4 Å². The smallest absolute Gasteiger partial charge is 0.255 e. The first kappa shape index (κ1) is 23.8. The van der Waals surface area contributed by atoms with Crippen molar-refractivity contribution < 1.29 is 49.0 Å². The number of aliphatic hydroxyl groups excluding tert-OH is 2. The average Bonchev–Trinajstić information content (AvgIpc) is 3.28. The summed E-state index contributed by atoms with van der Waals surface area (Å²) in [6.45, 7) is 0.0573. The number of carbonyl (C=O) groups excluding carboxylic acids is 3. The first-order chi connectivity index (χ1) is 17.1. The van der Waals surface area contributed by atoms with E-state index in [2.05, 4.69) is 4.89 Å². The van der Waals surface area contributed by atoms with Gasteiger partial charge in [0, 0.05) is 23.5 Å². The van der Waals surface area contributed by atoms with Gasteiger partial charge in [-0.15, -0.1) is 0 Å². The maximum Gasteiger partial charge on any atom is 0.255 e. The first-order valence-corrected chi connectivity index (χ1v) is 11.2. The molecule has 6 N–H and O–H groups in total. The summed E-state index contributed by atoms with van der Waals surface area (Å²) in [7, 11) is 1.36. The molecule has 0 spiro atoms. The van der Waals surface area contributed by atoms with Crippen molar-refractivity contribution in [2.75, 3.05) is 7.11 Å². The summed E-state index contributed by atoms with van der Waals surface area (Å²) in [4.78, 5) is 47.2. The zero-order valence-corrected chi connectivity index (χ0v) is 19.1. The lowest BCUT2D eigenvalue weighted by atomic mass is 9.59. The molecule has 11 nitrogen and oxygen atoms in total. The third-order valence-corrected chi connectivity index (χ3v) is 7.19. The number of benzene rings is 1. The lowest BCUT2D eigenvalue weighted by molar-refractivity contribution is -0.284. The van der Waals surface area contributed by atoms with E-state index in [9.17, 15) is 34.8 Å². The molecule has 1 saturated carbocycles. The van der Waals surface area contributed by atoms with Gasteiger partial charge in [-0.2, -0.15) is 0 Å². The second kappa shape index (κ2) is 8.33. The Morgan fingerprint density at radius 1 is 1.17 bits per heavy atom. The number of nitrogens with two attached hydrogens (primary N) is 1. The van der Waals surface area contributed by atoms with Gasteiger partial charge in [0.1, 0.15) is 41.0 Å². The molecule has 1 aromatic heterocycles. The van der Waals surface area contributed by atoms with Gasteiger partial charge >= 0.3 is 0 Å². The highest BCUT2D eigenvalue weighted by molar-refractivity contribution is 6.22. The quantitative estimate of drug-likeness (QED) is 0.231. The molecule has 11 heteroatoms. The number of phenols is 1. The minimum Gasteiger partial charge on any atom is -0.508 e. The normalized spacial score (nSPS) is 25.5. The highest BCUT2D eigenvalue weighted by Gasteiger charge is 2.60. The predicted octanol–water partition coefficient (Wildman–Crippen LogP) is 1.76. The number of primary amides is 1. The van der Waals surface area contributed by atoms with Crippen LogP contribution in [-0.2, 0) is 37.2 Å². The summed E-state index contributed by atoms with van der Waals surface area (Å²) in [5.74, 6) is -5.82. The highest BCUT2D eigenvalue weighted by Crippen LogP contribution is 2.53. The molecule has 3 aliphatic rings. The maximum absolute atomic E-state index is 13.5. The van der Waals surface area contributed by atoms with E-state index < -0.39 is 52.0 Å². The molecular formula is C25H23NO10. The Labute approximate surface area is 204 Å². The van der Waals surface area contributed by atoms with Crippen LogP contribution in [0.1, 0.15) is 29.7 Å². The highest BCUT2D eigenvalue weighted by atomic mass is 17.2. The molecule has 0 aliphatic heterocycles. The number of aromatic hydroxyl groups is 1. The van der Waals surface area contributed by atoms with Gasteiger partial charge in [0.15, 0.2) is 11.4 Å². The van der Waals surface area contributed by atoms with Crippen molar-refractivity contribution in [1.82, 2.24) is 0 Å². The Kier molecular flexibility index (Phi) is 5.51. The number of hydrogen-bond acceptors (Lipinski definition) is 10. The molecular weight excluding hydrogens is 474 g/mol. The Morgan fingerprint density at radius 2 is 1.92 bits per heavy atom. The van der Waals surface area contributed by atoms with Crippen LogP contribution in [0.15, 0.2) is 45.6 Å². The summed E-state index contributed by atoms with van der Waals surface area (Å²) in [5.41, 5.74) is 2.63. The maximum atomic E-state index is 13.5. The Hall–Kier alpha value is -3.93. The monoisotopic (exact) mass is 497 g/mol. The van der Waals surface area contributed by atoms with E-state index in [1.54, 1.807) is 18.2 Å². The lowest BCUT2D eigenvalue weighted by Gasteiger charge is -2.46. The van der Waals surface area contributed by atoms with E-state index >= 15 is 0 Å². The largest absolute Gasteiger partial charge is 0.508 e. The molecule has 0 bridgehead atoms. The fourth-order valence-corrected chi connectivity index (χ4v) is 5.57. The van der Waals surface area contributed by atoms with Crippen molar-refractivity contribution in [1.29, 1.82) is 0 Å². The average molecular weight is 497 g/mol. The Balaban J connectivity index is 1.64. The molecule has 3 atom stereocenters. The Bertz CT molecular complexity index is 1380. The molecule has 3 aliphatic carbocycles. The molecule has 0 radical (unpaired) electrons. The number of phenolic OH excluding ortho intramolecular Hbond substituents is 1. The minimum atomic E-state index is -2.60. The third-order valence-electron chi connectivity index (χ3n) is 7.19. The molecule has 2 aromatic rings. The van der Waals surface area contributed by atoms with E-state index in [-0.39, 0.29) is 42.8 Å². The van der Waals surface area contributed by atoms with E-state index in [0.29, 0.717) is 22.6 Å². The number of carbonyl (C=O) groups is 3. The minimum absolute atomic E-state index is 0.00859. The fourth-order valence-electron chi connectivity index (χ4n) is 5.57. The van der Waals surface area contributed by atoms with Crippen LogP contribution in [0.25, 0.3) is 17.1 Å². The van der Waals surface area contributed by atoms with Crippen molar-refractivity contribution in [3.05, 3.63) is 58.1 Å². The summed E-state index contributed by atoms with van der Waals surface area (Å²) >= 11 is 0. The number of Topliss-reactive ketones (excluding diaryl/α,β-unsaturated/α-hetero) is 2. The van der Waals surface area contributed by atoms with Crippen LogP contribution in [0, 0.1) is 11.8 Å². The molecule has 188 valence electrons. The van der Waals surface area contributed by atoms with Crippen LogP contribution >= 0.6 is 0 Å². The third kappa shape index (κ3) is 3.28. The molecule has 0 saturated heterocycles. The van der Waals surface area contributed by atoms with Crippen LogP contribution in [0.3, 0.4) is 0 Å². The van der Waals surface area contributed by atoms with Crippen molar-refractivity contribution in [2.24, 2.45) is 17.6 Å². The van der Waals surface area contributed by atoms with Gasteiger partial charge < -0.3 is 30.6 Å². The van der Waals surface area contributed by atoms with Crippen molar-refractivity contribution in [3.8, 4) is 17.1 Å². The standard InChI is InChI=1S/C25H23NO10/c1-34-35-9-12-2-5-17(36-12)13-3-4-15(27)19-14(13)7-10-6-11-8-16(28)20(24(26)32)23(31)25(11,33)22(30)18(10)21(19)29/h2-5,10-11,27,29,31,33H,6-9H2,1H3,(H2,26,32)/t10-,11+,25+/m1/s1. The molecule has 5 rings (SSSR count). The lowest BCUT2D eigenvalue weighted by Crippen LogP contribution is -2.58. The number of hydrogen-bond donors (Lipinski definition) is 5. The summed E-state index contributed by atoms with van der Waals surface area (Å²) in [6.07, 6.45) is -0.165. The molecule has 1 aromatic carbocycles. The zero-order valence-electron chi connectivity index (χ0n) is 19.1. The van der Waals surface area contributed by atoms with Gasteiger partial charge in [-0.05, 0) is 48.6 Å². The number of rotatable bonds is 5. The van der Waals surface area contributed by atoms with Crippen LogP contribution in [0.5, 0.6) is 5.75 Å². The van der Waals surface area contributed by atoms with E-state index in [0.717, 1.165) is 0 Å². The van der Waals surface area contributed by atoms with Crippen LogP contribution in [-0.4, -0.2) is 50.6 Å². The van der Waals surface area contributed by atoms with Crippen molar-refractivity contribution >= 4 is 23.2 Å². The molecule has 1 fully saturated rings. The van der Waals surface area contributed by atoms with E-state index in [1.807, 2.05) is 0 Å². The van der Waals surface area contributed by atoms with Gasteiger partial charge in [-0.25, -0.2) is 9.78 Å². The number of amides is 1. The van der Waals surface area contributed by atoms with E-state index in [4.69, 9.17) is 15.0 Å². The second-order valence-corrected chi connectivity index (χ2v) is 9.09. The molecule has 1 amide bonds.